The van der Waals surface area contributed by atoms with E-state index in [-0.39, 0.29) is 11.9 Å². The van der Waals surface area contributed by atoms with Gasteiger partial charge in [-0.15, -0.1) is 0 Å². The molecule has 2 N–H and O–H groups in total. The number of rotatable bonds is 5. The third kappa shape index (κ3) is 3.41. The molecule has 0 bridgehead atoms. The molecule has 0 fully saturated rings. The summed E-state index contributed by atoms with van der Waals surface area (Å²) in [6.07, 6.45) is 2.76. The van der Waals surface area contributed by atoms with Crippen LogP contribution in [0.5, 0.6) is 0 Å². The van der Waals surface area contributed by atoms with E-state index in [0.29, 0.717) is 5.56 Å². The summed E-state index contributed by atoms with van der Waals surface area (Å²) in [5, 5.41) is 0. The van der Waals surface area contributed by atoms with Gasteiger partial charge in [-0.2, -0.15) is 0 Å². The molecule has 1 nitrogen and oxygen atoms in total. The van der Waals surface area contributed by atoms with Crippen molar-refractivity contribution in [3.8, 4) is 0 Å². The number of aryl methyl sites for hydroxylation is 1. The highest BCUT2D eigenvalue weighted by molar-refractivity contribution is 5.21. The minimum atomic E-state index is -0.213. The Morgan fingerprint density at radius 1 is 0.944 bits per heavy atom. The van der Waals surface area contributed by atoms with Gasteiger partial charge in [0.1, 0.15) is 5.82 Å². The Labute approximate surface area is 107 Å². The van der Waals surface area contributed by atoms with Crippen molar-refractivity contribution in [3.05, 3.63) is 71.5 Å². The number of hydrogen-bond donors (Lipinski definition) is 1. The second-order valence-electron chi connectivity index (χ2n) is 4.51. The first-order valence-electron chi connectivity index (χ1n) is 6.31. The Morgan fingerprint density at radius 3 is 2.33 bits per heavy atom. The highest BCUT2D eigenvalue weighted by Crippen LogP contribution is 2.19. The molecule has 2 aromatic carbocycles. The molecule has 0 saturated heterocycles. The maximum absolute atomic E-state index is 13.5. The van der Waals surface area contributed by atoms with Crippen LogP contribution >= 0.6 is 0 Å². The van der Waals surface area contributed by atoms with E-state index in [2.05, 4.69) is 12.1 Å². The Kier molecular flexibility index (Phi) is 4.48. The van der Waals surface area contributed by atoms with E-state index in [1.165, 1.54) is 11.6 Å². The van der Waals surface area contributed by atoms with E-state index in [1.54, 1.807) is 12.1 Å². The van der Waals surface area contributed by atoms with Crippen molar-refractivity contribution in [2.24, 2.45) is 5.73 Å². The third-order valence-corrected chi connectivity index (χ3v) is 3.13. The van der Waals surface area contributed by atoms with Crippen LogP contribution in [-0.2, 0) is 6.42 Å². The molecule has 2 heteroatoms. The summed E-state index contributed by atoms with van der Waals surface area (Å²) in [5.74, 6) is -0.204. The predicted octanol–water partition coefficient (Wildman–Crippen LogP) is 3.85. The van der Waals surface area contributed by atoms with Crippen LogP contribution in [-0.4, -0.2) is 0 Å². The van der Waals surface area contributed by atoms with E-state index in [1.807, 2.05) is 24.3 Å². The normalized spacial score (nSPS) is 12.3. The number of nitrogens with two attached hydrogens (primary N) is 1. The highest BCUT2D eigenvalue weighted by Gasteiger charge is 2.10. The summed E-state index contributed by atoms with van der Waals surface area (Å²) in [6, 6.07) is 16.8. The molecule has 2 aromatic rings. The van der Waals surface area contributed by atoms with E-state index < -0.39 is 0 Å². The zero-order chi connectivity index (χ0) is 12.8. The lowest BCUT2D eigenvalue weighted by atomic mass is 9.99. The van der Waals surface area contributed by atoms with Gasteiger partial charge in [-0.25, -0.2) is 4.39 Å². The van der Waals surface area contributed by atoms with Gasteiger partial charge in [0.15, 0.2) is 0 Å². The maximum Gasteiger partial charge on any atom is 0.127 e. The van der Waals surface area contributed by atoms with Crippen LogP contribution in [0.1, 0.15) is 30.0 Å². The van der Waals surface area contributed by atoms with Gasteiger partial charge in [-0.1, -0.05) is 48.5 Å². The quantitative estimate of drug-likeness (QED) is 0.848. The average Bonchev–Trinajstić information content (AvgIpc) is 2.40. The van der Waals surface area contributed by atoms with Gasteiger partial charge >= 0.3 is 0 Å². The minimum absolute atomic E-state index is 0.204. The molecule has 0 saturated carbocycles. The van der Waals surface area contributed by atoms with Crippen LogP contribution in [0.15, 0.2) is 54.6 Å². The standard InChI is InChI=1S/C16H18FN/c17-15-11-5-4-10-14(15)16(18)12-6-9-13-7-2-1-3-8-13/h1-5,7-8,10-11,16H,6,9,12,18H2. The topological polar surface area (TPSA) is 26.0 Å². The number of hydrogen-bond acceptors (Lipinski definition) is 1. The summed E-state index contributed by atoms with van der Waals surface area (Å²) in [4.78, 5) is 0. The fourth-order valence-electron chi connectivity index (χ4n) is 2.10. The first-order chi connectivity index (χ1) is 8.77. The molecule has 0 aliphatic rings. The largest absolute Gasteiger partial charge is 0.324 e. The molecule has 0 aliphatic heterocycles. The van der Waals surface area contributed by atoms with Crippen molar-refractivity contribution in [2.75, 3.05) is 0 Å². The van der Waals surface area contributed by atoms with Crippen LogP contribution in [0.25, 0.3) is 0 Å². The van der Waals surface area contributed by atoms with Gasteiger partial charge in [0.25, 0.3) is 0 Å². The molecule has 1 atom stereocenters. The summed E-state index contributed by atoms with van der Waals surface area (Å²) < 4.78 is 13.5. The van der Waals surface area contributed by atoms with E-state index in [9.17, 15) is 4.39 Å². The van der Waals surface area contributed by atoms with E-state index >= 15 is 0 Å². The molecule has 0 heterocycles. The summed E-state index contributed by atoms with van der Waals surface area (Å²) >= 11 is 0. The van der Waals surface area contributed by atoms with Gasteiger partial charge in [0.2, 0.25) is 0 Å². The van der Waals surface area contributed by atoms with Gasteiger partial charge in [0.05, 0.1) is 0 Å². The second-order valence-corrected chi connectivity index (χ2v) is 4.51. The monoisotopic (exact) mass is 243 g/mol. The van der Waals surface area contributed by atoms with E-state index in [0.717, 1.165) is 19.3 Å². The molecule has 94 valence electrons. The second kappa shape index (κ2) is 6.31. The molecule has 0 aliphatic carbocycles. The van der Waals surface area contributed by atoms with Crippen molar-refractivity contribution in [1.82, 2.24) is 0 Å². The van der Waals surface area contributed by atoms with Crippen molar-refractivity contribution in [3.63, 3.8) is 0 Å². The fraction of sp³-hybridized carbons (Fsp3) is 0.250. The lowest BCUT2D eigenvalue weighted by molar-refractivity contribution is 0.551. The molecule has 0 radical (unpaired) electrons. The first kappa shape index (κ1) is 12.8. The molecule has 1 unspecified atom stereocenters. The van der Waals surface area contributed by atoms with Gasteiger partial charge in [-0.3, -0.25) is 0 Å². The van der Waals surface area contributed by atoms with Crippen molar-refractivity contribution in [2.45, 2.75) is 25.3 Å². The molecule has 18 heavy (non-hydrogen) atoms. The molecular formula is C16H18FN. The summed E-state index contributed by atoms with van der Waals surface area (Å²) in [7, 11) is 0. The maximum atomic E-state index is 13.5. The lowest BCUT2D eigenvalue weighted by Gasteiger charge is -2.12. The summed E-state index contributed by atoms with van der Waals surface area (Å²) in [6.45, 7) is 0. The Hall–Kier alpha value is -1.67. The molecule has 2 rings (SSSR count). The van der Waals surface area contributed by atoms with Gasteiger partial charge in [0, 0.05) is 11.6 Å². The molecule has 0 aromatic heterocycles. The van der Waals surface area contributed by atoms with E-state index in [4.69, 9.17) is 5.73 Å². The molecular weight excluding hydrogens is 225 g/mol. The SMILES string of the molecule is NC(CCCc1ccccc1)c1ccccc1F. The van der Waals surface area contributed by atoms with Crippen LogP contribution in [0, 0.1) is 5.82 Å². The number of benzene rings is 2. The van der Waals surface area contributed by atoms with Crippen LogP contribution < -0.4 is 5.73 Å². The van der Waals surface area contributed by atoms with Crippen molar-refractivity contribution in [1.29, 1.82) is 0 Å². The lowest BCUT2D eigenvalue weighted by Crippen LogP contribution is -2.12. The van der Waals surface area contributed by atoms with Crippen LogP contribution in [0.4, 0.5) is 4.39 Å². The van der Waals surface area contributed by atoms with Crippen LogP contribution in [0.2, 0.25) is 0 Å². The van der Waals surface area contributed by atoms with Crippen molar-refractivity contribution < 1.29 is 4.39 Å². The average molecular weight is 243 g/mol. The van der Waals surface area contributed by atoms with Crippen molar-refractivity contribution >= 4 is 0 Å². The third-order valence-electron chi connectivity index (χ3n) is 3.13. The van der Waals surface area contributed by atoms with Gasteiger partial charge < -0.3 is 5.73 Å². The predicted molar refractivity (Wildman–Crippen MR) is 72.7 cm³/mol. The minimum Gasteiger partial charge on any atom is -0.324 e. The Bertz CT molecular complexity index is 481. The Morgan fingerprint density at radius 2 is 1.61 bits per heavy atom. The first-order valence-corrected chi connectivity index (χ1v) is 6.31. The zero-order valence-corrected chi connectivity index (χ0v) is 10.4. The Balaban J connectivity index is 1.86. The number of halogens is 1. The van der Waals surface area contributed by atoms with Gasteiger partial charge in [-0.05, 0) is 30.9 Å². The summed E-state index contributed by atoms with van der Waals surface area (Å²) in [5.41, 5.74) is 7.94. The smallest absolute Gasteiger partial charge is 0.127 e. The zero-order valence-electron chi connectivity index (χ0n) is 10.4. The molecule has 0 spiro atoms. The van der Waals surface area contributed by atoms with Crippen LogP contribution in [0.3, 0.4) is 0 Å². The highest BCUT2D eigenvalue weighted by atomic mass is 19.1. The fourth-order valence-corrected chi connectivity index (χ4v) is 2.10. The molecule has 0 amide bonds.